The van der Waals surface area contributed by atoms with Crippen LogP contribution in [0.4, 0.5) is 5.82 Å². The van der Waals surface area contributed by atoms with Crippen LogP contribution in [0.15, 0.2) is 27.8 Å². The second-order valence-electron chi connectivity index (χ2n) is 4.58. The van der Waals surface area contributed by atoms with Crippen LogP contribution in [0.5, 0.6) is 0 Å². The Kier molecular flexibility index (Phi) is 3.36. The molecule has 6 heteroatoms. The summed E-state index contributed by atoms with van der Waals surface area (Å²) in [4.78, 5) is 0.313. The molecule has 0 saturated heterocycles. The summed E-state index contributed by atoms with van der Waals surface area (Å²) in [7, 11) is -3.66. The number of rotatable bonds is 3. The third kappa shape index (κ3) is 2.49. The van der Waals surface area contributed by atoms with Gasteiger partial charge in [0.15, 0.2) is 5.82 Å². The highest BCUT2D eigenvalue weighted by atomic mass is 32.2. The molecule has 0 radical (unpaired) electrons. The highest BCUT2D eigenvalue weighted by Crippen LogP contribution is 2.27. The zero-order chi connectivity index (χ0) is 14.2. The molecule has 1 heterocycles. The minimum Gasteiger partial charge on any atom is -0.363 e. The first-order valence-corrected chi connectivity index (χ1v) is 7.32. The summed E-state index contributed by atoms with van der Waals surface area (Å²) in [6.07, 6.45) is 1.32. The molecule has 1 aromatic carbocycles. The topological polar surface area (TPSA) is 72.2 Å². The lowest BCUT2D eigenvalue weighted by Gasteiger charge is -2.15. The van der Waals surface area contributed by atoms with Crippen molar-refractivity contribution in [1.82, 2.24) is 5.16 Å². The molecule has 5 nitrogen and oxygen atoms in total. The van der Waals surface area contributed by atoms with E-state index in [9.17, 15) is 8.42 Å². The minimum atomic E-state index is -3.66. The van der Waals surface area contributed by atoms with Gasteiger partial charge >= 0.3 is 0 Å². The van der Waals surface area contributed by atoms with Crippen molar-refractivity contribution in [3.63, 3.8) is 0 Å². The minimum absolute atomic E-state index is 0.179. The zero-order valence-corrected chi connectivity index (χ0v) is 12.1. The number of aryl methyl sites for hydroxylation is 2. The fourth-order valence-corrected chi connectivity index (χ4v) is 3.65. The molecule has 0 aliphatic heterocycles. The van der Waals surface area contributed by atoms with Gasteiger partial charge in [-0.25, -0.2) is 8.42 Å². The Labute approximate surface area is 112 Å². The monoisotopic (exact) mass is 280 g/mol. The van der Waals surface area contributed by atoms with E-state index < -0.39 is 10.0 Å². The molecule has 0 bridgehead atoms. The third-order valence-electron chi connectivity index (χ3n) is 3.24. The number of aromatic nitrogens is 1. The average molecular weight is 280 g/mol. The first kappa shape index (κ1) is 13.6. The highest BCUT2D eigenvalue weighted by molar-refractivity contribution is 7.92. The van der Waals surface area contributed by atoms with E-state index in [1.54, 1.807) is 13.8 Å². The van der Waals surface area contributed by atoms with Crippen molar-refractivity contribution < 1.29 is 12.9 Å². The SMILES string of the molecule is Cc1cc(C)c(C)c(S(=O)(=O)Nc2ccon2)c1C. The van der Waals surface area contributed by atoms with Crippen LogP contribution in [-0.4, -0.2) is 13.6 Å². The summed E-state index contributed by atoms with van der Waals surface area (Å²) in [6, 6.07) is 3.45. The molecule has 0 aliphatic carbocycles. The van der Waals surface area contributed by atoms with Crippen molar-refractivity contribution >= 4 is 15.8 Å². The van der Waals surface area contributed by atoms with E-state index in [0.29, 0.717) is 4.90 Å². The first-order valence-electron chi connectivity index (χ1n) is 5.83. The Balaban J connectivity index is 2.58. The van der Waals surface area contributed by atoms with Crippen molar-refractivity contribution in [2.45, 2.75) is 32.6 Å². The Hall–Kier alpha value is -1.82. The molecule has 2 aromatic rings. The van der Waals surface area contributed by atoms with Gasteiger partial charge in [0.05, 0.1) is 4.90 Å². The van der Waals surface area contributed by atoms with E-state index in [0.717, 1.165) is 22.3 Å². The Bertz CT molecular complexity index is 678. The van der Waals surface area contributed by atoms with Crippen molar-refractivity contribution in [3.05, 3.63) is 40.6 Å². The van der Waals surface area contributed by atoms with Gasteiger partial charge in [0, 0.05) is 6.07 Å². The van der Waals surface area contributed by atoms with Crippen LogP contribution >= 0.6 is 0 Å². The standard InChI is InChI=1S/C13H16N2O3S/c1-8-7-9(2)11(4)13(10(8)3)19(16,17)15-12-5-6-18-14-12/h5-7H,1-4H3,(H,14,15). The smallest absolute Gasteiger partial charge is 0.263 e. The Morgan fingerprint density at radius 2 is 1.68 bits per heavy atom. The highest BCUT2D eigenvalue weighted by Gasteiger charge is 2.22. The van der Waals surface area contributed by atoms with Crippen molar-refractivity contribution in [2.75, 3.05) is 4.72 Å². The fraction of sp³-hybridized carbons (Fsp3) is 0.308. The second kappa shape index (κ2) is 4.70. The summed E-state index contributed by atoms with van der Waals surface area (Å²) in [5.41, 5.74) is 3.39. The summed E-state index contributed by atoms with van der Waals surface area (Å²) in [6.45, 7) is 7.41. The molecule has 2 rings (SSSR count). The predicted octanol–water partition coefficient (Wildman–Crippen LogP) is 2.71. The van der Waals surface area contributed by atoms with Crippen molar-refractivity contribution in [1.29, 1.82) is 0 Å². The van der Waals surface area contributed by atoms with E-state index in [4.69, 9.17) is 0 Å². The lowest BCUT2D eigenvalue weighted by atomic mass is 10.0. The van der Waals surface area contributed by atoms with Gasteiger partial charge in [0.25, 0.3) is 10.0 Å². The van der Waals surface area contributed by atoms with E-state index in [-0.39, 0.29) is 5.82 Å². The molecule has 19 heavy (non-hydrogen) atoms. The summed E-state index contributed by atoms with van der Waals surface area (Å²) < 4.78 is 32.0. The number of nitrogens with zero attached hydrogens (tertiary/aromatic N) is 1. The van der Waals surface area contributed by atoms with Crippen LogP contribution in [0.2, 0.25) is 0 Å². The maximum atomic E-state index is 12.5. The largest absolute Gasteiger partial charge is 0.363 e. The number of benzene rings is 1. The van der Waals surface area contributed by atoms with Crippen LogP contribution in [0.25, 0.3) is 0 Å². The quantitative estimate of drug-likeness (QED) is 0.938. The van der Waals surface area contributed by atoms with Gasteiger partial charge in [0.1, 0.15) is 6.26 Å². The lowest BCUT2D eigenvalue weighted by Crippen LogP contribution is -2.17. The van der Waals surface area contributed by atoms with Crippen LogP contribution in [0, 0.1) is 27.7 Å². The Morgan fingerprint density at radius 1 is 1.11 bits per heavy atom. The third-order valence-corrected chi connectivity index (χ3v) is 4.87. The first-order chi connectivity index (χ1) is 8.83. The number of hydrogen-bond acceptors (Lipinski definition) is 4. The molecule has 0 saturated carbocycles. The number of sulfonamides is 1. The van der Waals surface area contributed by atoms with Gasteiger partial charge in [-0.15, -0.1) is 0 Å². The maximum Gasteiger partial charge on any atom is 0.263 e. The maximum absolute atomic E-state index is 12.5. The molecular formula is C13H16N2O3S. The Morgan fingerprint density at radius 3 is 2.16 bits per heavy atom. The normalized spacial score (nSPS) is 11.6. The molecule has 0 unspecified atom stereocenters. The van der Waals surface area contributed by atoms with E-state index in [1.807, 2.05) is 19.9 Å². The molecule has 0 amide bonds. The summed E-state index contributed by atoms with van der Waals surface area (Å²) >= 11 is 0. The van der Waals surface area contributed by atoms with Gasteiger partial charge in [-0.3, -0.25) is 4.72 Å². The van der Waals surface area contributed by atoms with Crippen molar-refractivity contribution in [3.8, 4) is 0 Å². The molecule has 1 N–H and O–H groups in total. The second-order valence-corrected chi connectivity index (χ2v) is 6.20. The molecule has 1 aromatic heterocycles. The van der Waals surface area contributed by atoms with Gasteiger partial charge in [-0.05, 0) is 49.9 Å². The molecule has 0 atom stereocenters. The molecule has 102 valence electrons. The van der Waals surface area contributed by atoms with E-state index in [2.05, 4.69) is 14.4 Å². The lowest BCUT2D eigenvalue weighted by molar-refractivity contribution is 0.423. The van der Waals surface area contributed by atoms with Crippen LogP contribution < -0.4 is 4.72 Å². The summed E-state index contributed by atoms with van der Waals surface area (Å²) in [5.74, 6) is 0.179. The summed E-state index contributed by atoms with van der Waals surface area (Å²) in [5, 5.41) is 3.57. The molecule has 0 spiro atoms. The molecular weight excluding hydrogens is 264 g/mol. The zero-order valence-electron chi connectivity index (χ0n) is 11.3. The fourth-order valence-electron chi connectivity index (χ4n) is 2.04. The van der Waals surface area contributed by atoms with Crippen LogP contribution in [0.3, 0.4) is 0 Å². The van der Waals surface area contributed by atoms with Gasteiger partial charge in [-0.1, -0.05) is 11.2 Å². The van der Waals surface area contributed by atoms with E-state index in [1.165, 1.54) is 12.3 Å². The molecule has 0 aliphatic rings. The van der Waals surface area contributed by atoms with Crippen LogP contribution in [0.1, 0.15) is 22.3 Å². The number of anilines is 1. The van der Waals surface area contributed by atoms with Gasteiger partial charge in [-0.2, -0.15) is 0 Å². The number of nitrogens with one attached hydrogen (secondary N) is 1. The average Bonchev–Trinajstić information content (AvgIpc) is 2.78. The van der Waals surface area contributed by atoms with E-state index >= 15 is 0 Å². The predicted molar refractivity (Wildman–Crippen MR) is 72.7 cm³/mol. The van der Waals surface area contributed by atoms with Crippen molar-refractivity contribution in [2.24, 2.45) is 0 Å². The van der Waals surface area contributed by atoms with Crippen LogP contribution in [-0.2, 0) is 10.0 Å². The molecule has 0 fully saturated rings. The number of hydrogen-bond donors (Lipinski definition) is 1. The van der Waals surface area contributed by atoms with Gasteiger partial charge in [0.2, 0.25) is 0 Å². The van der Waals surface area contributed by atoms with Gasteiger partial charge < -0.3 is 4.52 Å².